The van der Waals surface area contributed by atoms with E-state index in [1.54, 1.807) is 0 Å². The molecule has 29 heavy (non-hydrogen) atoms. The molecule has 2 heterocycles. The summed E-state index contributed by atoms with van der Waals surface area (Å²) in [5.74, 6) is 0.0432. The smallest absolute Gasteiger partial charge is 0.268 e. The summed E-state index contributed by atoms with van der Waals surface area (Å²) in [6.45, 7) is 6.60. The Hall–Kier alpha value is -2.30. The van der Waals surface area contributed by atoms with Crippen LogP contribution in [0.5, 0.6) is 0 Å². The predicted molar refractivity (Wildman–Crippen MR) is 122 cm³/mol. The van der Waals surface area contributed by atoms with E-state index in [0.717, 1.165) is 47.6 Å². The van der Waals surface area contributed by atoms with Crippen molar-refractivity contribution >= 4 is 28.4 Å². The molecule has 5 heteroatoms. The summed E-state index contributed by atoms with van der Waals surface area (Å²) in [5, 5.41) is 5.12. The van der Waals surface area contributed by atoms with Gasteiger partial charge in [0, 0.05) is 48.1 Å². The van der Waals surface area contributed by atoms with Crippen LogP contribution < -0.4 is 5.32 Å². The molecule has 3 aromatic rings. The van der Waals surface area contributed by atoms with Crippen molar-refractivity contribution in [3.8, 4) is 0 Å². The van der Waals surface area contributed by atoms with Crippen molar-refractivity contribution in [3.05, 3.63) is 71.4 Å². The van der Waals surface area contributed by atoms with Crippen molar-refractivity contribution in [2.24, 2.45) is 7.05 Å². The van der Waals surface area contributed by atoms with Gasteiger partial charge in [-0.2, -0.15) is 0 Å². The van der Waals surface area contributed by atoms with Crippen LogP contribution in [0.4, 0.5) is 0 Å². The summed E-state index contributed by atoms with van der Waals surface area (Å²) in [5.41, 5.74) is 1.84. The monoisotopic (exact) mass is 411 g/mol. The third-order valence-corrected chi connectivity index (χ3v) is 5.76. The third-order valence-electron chi connectivity index (χ3n) is 5.51. The van der Waals surface area contributed by atoms with E-state index in [-0.39, 0.29) is 5.91 Å². The lowest BCUT2D eigenvalue weighted by atomic mass is 10.0. The van der Waals surface area contributed by atoms with Gasteiger partial charge in [0.05, 0.1) is 0 Å². The first kappa shape index (κ1) is 21.4. The van der Waals surface area contributed by atoms with Crippen molar-refractivity contribution in [3.63, 3.8) is 0 Å². The summed E-state index contributed by atoms with van der Waals surface area (Å²) in [6.07, 6.45) is 2.07. The van der Waals surface area contributed by atoms with Crippen molar-refractivity contribution in [2.75, 3.05) is 13.1 Å². The molecular weight excluding hydrogens is 382 g/mol. The van der Waals surface area contributed by atoms with E-state index in [2.05, 4.69) is 24.1 Å². The predicted octanol–water partition coefficient (Wildman–Crippen LogP) is 5.12. The second-order valence-electron chi connectivity index (χ2n) is 7.82. The van der Waals surface area contributed by atoms with Gasteiger partial charge in [0.2, 0.25) is 0 Å². The Morgan fingerprint density at radius 1 is 1.03 bits per heavy atom. The average molecular weight is 412 g/mol. The molecule has 154 valence electrons. The van der Waals surface area contributed by atoms with Gasteiger partial charge in [-0.3, -0.25) is 4.79 Å². The zero-order valence-electron chi connectivity index (χ0n) is 17.4. The minimum Gasteiger partial charge on any atom is -0.348 e. The minimum atomic E-state index is 0.0432. The van der Waals surface area contributed by atoms with E-state index in [1.165, 1.54) is 0 Å². The molecule has 1 aliphatic heterocycles. The maximum Gasteiger partial charge on any atom is 0.268 e. The van der Waals surface area contributed by atoms with Gasteiger partial charge >= 0.3 is 0 Å². The van der Waals surface area contributed by atoms with E-state index < -0.39 is 0 Å². The van der Waals surface area contributed by atoms with Crippen molar-refractivity contribution in [1.82, 2.24) is 14.8 Å². The quantitative estimate of drug-likeness (QED) is 0.649. The van der Waals surface area contributed by atoms with E-state index >= 15 is 0 Å². The highest BCUT2D eigenvalue weighted by Gasteiger charge is 2.23. The maximum atomic E-state index is 12.6. The fourth-order valence-electron chi connectivity index (χ4n) is 3.74. The van der Waals surface area contributed by atoms with Crippen LogP contribution in [0.2, 0.25) is 5.02 Å². The number of carbonyl (C=O) groups is 1. The lowest BCUT2D eigenvalue weighted by molar-refractivity contribution is 0.0893. The van der Waals surface area contributed by atoms with Crippen LogP contribution in [-0.2, 0) is 7.05 Å². The molecule has 0 aliphatic carbocycles. The Bertz CT molecular complexity index is 928. The Balaban J connectivity index is 0.000000290. The molecule has 0 saturated carbocycles. The molecule has 1 saturated heterocycles. The van der Waals surface area contributed by atoms with E-state index in [0.29, 0.717) is 12.1 Å². The van der Waals surface area contributed by atoms with Crippen LogP contribution in [0, 0.1) is 0 Å². The summed E-state index contributed by atoms with van der Waals surface area (Å²) in [7, 11) is 1.96. The summed E-state index contributed by atoms with van der Waals surface area (Å²) in [6, 6.07) is 20.4. The van der Waals surface area contributed by atoms with E-state index in [9.17, 15) is 4.79 Å². The molecule has 1 aliphatic rings. The van der Waals surface area contributed by atoms with Gasteiger partial charge in [-0.1, -0.05) is 48.0 Å². The number of carbonyl (C=O) groups excluding carboxylic acids is 1. The first-order valence-electron chi connectivity index (χ1n) is 10.3. The SMILES string of the molecule is CC(C)N1CCC(NC(=O)c2cc3ccccc3n2C)CC1.Clc1ccccc1. The van der Waals surface area contributed by atoms with Crippen LogP contribution in [0.15, 0.2) is 60.7 Å². The number of nitrogens with zero attached hydrogens (tertiary/aromatic N) is 2. The summed E-state index contributed by atoms with van der Waals surface area (Å²) >= 11 is 5.54. The number of nitrogens with one attached hydrogen (secondary N) is 1. The molecule has 0 radical (unpaired) electrons. The standard InChI is InChI=1S/C18H25N3O.C6H5Cl/c1-13(2)21-10-8-15(9-11-21)19-18(22)17-12-14-6-4-5-7-16(14)20(17)3;7-6-4-2-1-3-5-6/h4-7,12-13,15H,8-11H2,1-3H3,(H,19,22);1-5H. The molecule has 0 atom stereocenters. The second kappa shape index (κ2) is 9.95. The molecule has 0 spiro atoms. The molecule has 0 unspecified atom stereocenters. The molecule has 4 nitrogen and oxygen atoms in total. The van der Waals surface area contributed by atoms with Gasteiger partial charge in [-0.25, -0.2) is 0 Å². The van der Waals surface area contributed by atoms with Crippen LogP contribution in [0.25, 0.3) is 10.9 Å². The van der Waals surface area contributed by atoms with Gasteiger partial charge in [0.25, 0.3) is 5.91 Å². The molecule has 4 rings (SSSR count). The molecule has 2 aromatic carbocycles. The number of aromatic nitrogens is 1. The van der Waals surface area contributed by atoms with E-state index in [1.807, 2.05) is 72.3 Å². The number of halogens is 1. The zero-order valence-corrected chi connectivity index (χ0v) is 18.2. The maximum absolute atomic E-state index is 12.6. The van der Waals surface area contributed by atoms with Crippen molar-refractivity contribution in [2.45, 2.75) is 38.8 Å². The number of amides is 1. The normalized spacial score (nSPS) is 15.2. The van der Waals surface area contributed by atoms with Gasteiger partial charge in [-0.15, -0.1) is 0 Å². The minimum absolute atomic E-state index is 0.0432. The van der Waals surface area contributed by atoms with Gasteiger partial charge in [0.15, 0.2) is 0 Å². The van der Waals surface area contributed by atoms with Crippen LogP contribution in [0.3, 0.4) is 0 Å². The largest absolute Gasteiger partial charge is 0.348 e. The van der Waals surface area contributed by atoms with Crippen LogP contribution in [0.1, 0.15) is 37.2 Å². The number of benzene rings is 2. The molecule has 1 fully saturated rings. The van der Waals surface area contributed by atoms with Crippen LogP contribution >= 0.6 is 11.6 Å². The fraction of sp³-hybridized carbons (Fsp3) is 0.375. The van der Waals surface area contributed by atoms with Gasteiger partial charge < -0.3 is 14.8 Å². The third kappa shape index (κ3) is 5.62. The van der Waals surface area contributed by atoms with Gasteiger partial charge in [0.1, 0.15) is 5.69 Å². The lowest BCUT2D eigenvalue weighted by Gasteiger charge is -2.34. The highest BCUT2D eigenvalue weighted by molar-refractivity contribution is 6.30. The Kier molecular flexibility index (Phi) is 7.34. The lowest BCUT2D eigenvalue weighted by Crippen LogP contribution is -2.46. The van der Waals surface area contributed by atoms with Gasteiger partial charge in [-0.05, 0) is 51.0 Å². The number of para-hydroxylation sites is 1. The number of aryl methyl sites for hydroxylation is 1. The van der Waals surface area contributed by atoms with Crippen molar-refractivity contribution in [1.29, 1.82) is 0 Å². The Labute approximate surface area is 178 Å². The number of piperidine rings is 1. The summed E-state index contributed by atoms with van der Waals surface area (Å²) < 4.78 is 1.98. The molecule has 1 aromatic heterocycles. The molecule has 0 bridgehead atoms. The number of hydrogen-bond acceptors (Lipinski definition) is 2. The Morgan fingerprint density at radius 2 is 1.66 bits per heavy atom. The first-order chi connectivity index (χ1) is 14.0. The number of hydrogen-bond donors (Lipinski definition) is 1. The highest BCUT2D eigenvalue weighted by Crippen LogP contribution is 2.19. The number of rotatable bonds is 3. The molecule has 1 N–H and O–H groups in total. The zero-order chi connectivity index (χ0) is 20.8. The molecule has 1 amide bonds. The van der Waals surface area contributed by atoms with Crippen LogP contribution in [-0.4, -0.2) is 40.5 Å². The molecular formula is C24H30ClN3O. The highest BCUT2D eigenvalue weighted by atomic mass is 35.5. The van der Waals surface area contributed by atoms with Crippen molar-refractivity contribution < 1.29 is 4.79 Å². The summed E-state index contributed by atoms with van der Waals surface area (Å²) in [4.78, 5) is 15.0. The first-order valence-corrected chi connectivity index (χ1v) is 10.6. The van der Waals surface area contributed by atoms with E-state index in [4.69, 9.17) is 11.6 Å². The number of fused-ring (bicyclic) bond motifs is 1. The number of likely N-dealkylation sites (tertiary alicyclic amines) is 1. The Morgan fingerprint density at radius 3 is 2.21 bits per heavy atom. The average Bonchev–Trinajstić information content (AvgIpc) is 3.06. The topological polar surface area (TPSA) is 37.3 Å². The fourth-order valence-corrected chi connectivity index (χ4v) is 3.89. The second-order valence-corrected chi connectivity index (χ2v) is 8.26.